The fraction of sp³-hybridized carbons (Fsp3) is 0.500. The first-order valence-corrected chi connectivity index (χ1v) is 8.58. The highest BCUT2D eigenvalue weighted by Crippen LogP contribution is 2.35. The van der Waals surface area contributed by atoms with E-state index in [1.54, 1.807) is 0 Å². The van der Waals surface area contributed by atoms with Gasteiger partial charge in [-0.2, -0.15) is 0 Å². The van der Waals surface area contributed by atoms with Gasteiger partial charge in [-0.1, -0.05) is 0 Å². The summed E-state index contributed by atoms with van der Waals surface area (Å²) in [7, 11) is 0. The maximum absolute atomic E-state index is 13.3. The highest BCUT2D eigenvalue weighted by Gasteiger charge is 2.26. The Morgan fingerprint density at radius 1 is 0.917 bits per heavy atom. The maximum Gasteiger partial charge on any atom is 0.126 e. The van der Waals surface area contributed by atoms with Crippen molar-refractivity contribution in [2.45, 2.75) is 32.0 Å². The van der Waals surface area contributed by atoms with Crippen molar-refractivity contribution >= 4 is 0 Å². The molecule has 24 heavy (non-hydrogen) atoms. The Hall–Kier alpha value is -1.79. The van der Waals surface area contributed by atoms with Gasteiger partial charge < -0.3 is 4.57 Å². The van der Waals surface area contributed by atoms with Gasteiger partial charge in [-0.05, 0) is 30.5 Å². The summed E-state index contributed by atoms with van der Waals surface area (Å²) in [5.74, 6) is -1.01. The molecule has 2 heterocycles. The van der Waals surface area contributed by atoms with E-state index in [-0.39, 0.29) is 0 Å². The summed E-state index contributed by atoms with van der Waals surface area (Å²) >= 11 is 0. The summed E-state index contributed by atoms with van der Waals surface area (Å²) in [5.41, 5.74) is 1.99. The molecule has 0 atom stereocenters. The minimum atomic E-state index is -0.503. The van der Waals surface area contributed by atoms with Gasteiger partial charge in [0.25, 0.3) is 0 Å². The van der Waals surface area contributed by atoms with Crippen molar-refractivity contribution in [2.75, 3.05) is 26.2 Å². The molecule has 2 aliphatic rings. The molecule has 2 fully saturated rings. The minimum Gasteiger partial charge on any atom is -0.330 e. The van der Waals surface area contributed by atoms with Crippen LogP contribution in [0.1, 0.15) is 30.1 Å². The second-order valence-corrected chi connectivity index (χ2v) is 6.85. The van der Waals surface area contributed by atoms with E-state index in [0.717, 1.165) is 38.8 Å². The predicted molar refractivity (Wildman–Crippen MR) is 87.4 cm³/mol. The molecule has 6 heteroatoms. The molecule has 1 saturated heterocycles. The van der Waals surface area contributed by atoms with Crippen LogP contribution in [0.15, 0.2) is 30.7 Å². The third kappa shape index (κ3) is 3.65. The Balaban J connectivity index is 1.31. The molecule has 0 N–H and O–H groups in total. The van der Waals surface area contributed by atoms with Crippen molar-refractivity contribution in [2.24, 2.45) is 0 Å². The summed E-state index contributed by atoms with van der Waals surface area (Å²) in [6, 6.07) is 4.42. The maximum atomic E-state index is 13.3. The average Bonchev–Trinajstić information content (AvgIpc) is 3.28. The van der Waals surface area contributed by atoms with Crippen molar-refractivity contribution < 1.29 is 8.78 Å². The number of hydrogen-bond donors (Lipinski definition) is 0. The largest absolute Gasteiger partial charge is 0.330 e. The first kappa shape index (κ1) is 15.7. The number of halogens is 2. The summed E-state index contributed by atoms with van der Waals surface area (Å²) in [6.45, 7) is 5.29. The van der Waals surface area contributed by atoms with E-state index in [4.69, 9.17) is 0 Å². The standard InChI is InChI=1S/C18H22F2N4/c19-15-7-14(8-16(20)9-15)11-22-3-5-23(6-4-22)12-18-10-21-13-24(18)17-1-2-17/h7-10,13,17H,1-6,11-12H2. The molecular formula is C18H22F2N4. The monoisotopic (exact) mass is 332 g/mol. The van der Waals surface area contributed by atoms with Crippen molar-refractivity contribution in [3.63, 3.8) is 0 Å². The fourth-order valence-electron chi connectivity index (χ4n) is 3.43. The summed E-state index contributed by atoms with van der Waals surface area (Å²) in [4.78, 5) is 8.97. The van der Waals surface area contributed by atoms with Gasteiger partial charge in [-0.15, -0.1) is 0 Å². The molecular weight excluding hydrogens is 310 g/mol. The lowest BCUT2D eigenvalue weighted by molar-refractivity contribution is 0.120. The smallest absolute Gasteiger partial charge is 0.126 e. The van der Waals surface area contributed by atoms with Crippen molar-refractivity contribution in [1.29, 1.82) is 0 Å². The molecule has 1 saturated carbocycles. The van der Waals surface area contributed by atoms with E-state index >= 15 is 0 Å². The zero-order chi connectivity index (χ0) is 16.5. The molecule has 0 spiro atoms. The summed E-state index contributed by atoms with van der Waals surface area (Å²) in [5, 5.41) is 0. The minimum absolute atomic E-state index is 0.503. The van der Waals surface area contributed by atoms with E-state index in [2.05, 4.69) is 19.4 Å². The Morgan fingerprint density at radius 2 is 1.54 bits per heavy atom. The summed E-state index contributed by atoms with van der Waals surface area (Å²) in [6.07, 6.45) is 6.45. The molecule has 4 rings (SSSR count). The SMILES string of the molecule is Fc1cc(F)cc(CN2CCN(Cc3cncn3C3CC3)CC2)c1. The molecule has 0 amide bonds. The molecule has 1 aromatic carbocycles. The predicted octanol–water partition coefficient (Wildman–Crippen LogP) is 2.81. The molecule has 0 unspecified atom stereocenters. The number of benzene rings is 1. The van der Waals surface area contributed by atoms with Crippen LogP contribution in [0.5, 0.6) is 0 Å². The van der Waals surface area contributed by atoms with Crippen molar-refractivity contribution in [3.05, 3.63) is 53.6 Å². The van der Waals surface area contributed by atoms with Crippen LogP contribution in [0.2, 0.25) is 0 Å². The van der Waals surface area contributed by atoms with Gasteiger partial charge in [0.1, 0.15) is 11.6 Å². The van der Waals surface area contributed by atoms with Gasteiger partial charge in [-0.25, -0.2) is 13.8 Å². The van der Waals surface area contributed by atoms with Crippen LogP contribution in [0.3, 0.4) is 0 Å². The number of aromatic nitrogens is 2. The van der Waals surface area contributed by atoms with E-state index in [9.17, 15) is 8.78 Å². The second-order valence-electron chi connectivity index (χ2n) is 6.85. The van der Waals surface area contributed by atoms with E-state index in [0.29, 0.717) is 18.2 Å². The molecule has 128 valence electrons. The lowest BCUT2D eigenvalue weighted by Gasteiger charge is -2.34. The topological polar surface area (TPSA) is 24.3 Å². The third-order valence-corrected chi connectivity index (χ3v) is 4.87. The van der Waals surface area contributed by atoms with Gasteiger partial charge >= 0.3 is 0 Å². The van der Waals surface area contributed by atoms with Crippen LogP contribution in [0.25, 0.3) is 0 Å². The molecule has 1 aromatic heterocycles. The van der Waals surface area contributed by atoms with Crippen LogP contribution in [-0.4, -0.2) is 45.5 Å². The van der Waals surface area contributed by atoms with Crippen LogP contribution in [0.4, 0.5) is 8.78 Å². The molecule has 0 radical (unpaired) electrons. The van der Waals surface area contributed by atoms with Gasteiger partial charge in [-0.3, -0.25) is 9.80 Å². The van der Waals surface area contributed by atoms with Crippen molar-refractivity contribution in [1.82, 2.24) is 19.4 Å². The van der Waals surface area contributed by atoms with E-state index in [1.165, 1.54) is 30.7 Å². The molecule has 1 aliphatic heterocycles. The summed E-state index contributed by atoms with van der Waals surface area (Å²) < 4.78 is 28.9. The average molecular weight is 332 g/mol. The zero-order valence-corrected chi connectivity index (χ0v) is 13.7. The lowest BCUT2D eigenvalue weighted by Crippen LogP contribution is -2.45. The highest BCUT2D eigenvalue weighted by atomic mass is 19.1. The Labute approximate surface area is 140 Å². The van der Waals surface area contributed by atoms with Crippen LogP contribution >= 0.6 is 0 Å². The molecule has 0 bridgehead atoms. The Kier molecular flexibility index (Phi) is 4.33. The number of hydrogen-bond acceptors (Lipinski definition) is 3. The number of imidazole rings is 1. The van der Waals surface area contributed by atoms with Gasteiger partial charge in [0.15, 0.2) is 0 Å². The van der Waals surface area contributed by atoms with Gasteiger partial charge in [0.05, 0.1) is 12.0 Å². The van der Waals surface area contributed by atoms with Crippen LogP contribution in [-0.2, 0) is 13.1 Å². The van der Waals surface area contributed by atoms with E-state index < -0.39 is 11.6 Å². The molecule has 2 aromatic rings. The van der Waals surface area contributed by atoms with Gasteiger partial charge in [0.2, 0.25) is 0 Å². The number of piperazine rings is 1. The third-order valence-electron chi connectivity index (χ3n) is 4.87. The number of rotatable bonds is 5. The van der Waals surface area contributed by atoms with Crippen molar-refractivity contribution in [3.8, 4) is 0 Å². The zero-order valence-electron chi connectivity index (χ0n) is 13.7. The van der Waals surface area contributed by atoms with Gasteiger partial charge in [0, 0.05) is 57.6 Å². The Morgan fingerprint density at radius 3 is 2.17 bits per heavy atom. The molecule has 1 aliphatic carbocycles. The van der Waals surface area contributed by atoms with E-state index in [1.807, 2.05) is 12.5 Å². The highest BCUT2D eigenvalue weighted by molar-refractivity contribution is 5.17. The normalized spacial score (nSPS) is 19.8. The van der Waals surface area contributed by atoms with Crippen LogP contribution < -0.4 is 0 Å². The van der Waals surface area contributed by atoms with Crippen LogP contribution in [0, 0.1) is 11.6 Å². The number of nitrogens with zero attached hydrogens (tertiary/aromatic N) is 4. The lowest BCUT2D eigenvalue weighted by atomic mass is 10.2. The fourth-order valence-corrected chi connectivity index (χ4v) is 3.43. The first-order chi connectivity index (χ1) is 11.7. The second kappa shape index (κ2) is 6.61. The first-order valence-electron chi connectivity index (χ1n) is 8.58. The molecule has 4 nitrogen and oxygen atoms in total. The quantitative estimate of drug-likeness (QED) is 0.841. The Bertz CT molecular complexity index is 683.